The second kappa shape index (κ2) is 25.4. The number of ether oxygens (including phenoxy) is 4. The highest BCUT2D eigenvalue weighted by molar-refractivity contribution is 7.44. The van der Waals surface area contributed by atoms with Crippen molar-refractivity contribution in [1.82, 2.24) is 23.8 Å². The molecule has 0 spiro atoms. The maximum absolute atomic E-state index is 14.0. The summed E-state index contributed by atoms with van der Waals surface area (Å²) in [6.45, 7) is 17.3. The van der Waals surface area contributed by atoms with Crippen LogP contribution in [0.25, 0.3) is 11.2 Å². The van der Waals surface area contributed by atoms with Crippen LogP contribution in [0, 0.1) is 11.3 Å². The van der Waals surface area contributed by atoms with E-state index >= 15 is 0 Å². The first-order chi connectivity index (χ1) is 33.3. The van der Waals surface area contributed by atoms with Crippen LogP contribution in [0.1, 0.15) is 117 Å². The fraction of sp³-hybridized carbons (Fsp3) is 0.455. The fourth-order valence-electron chi connectivity index (χ4n) is 8.55. The highest BCUT2D eigenvalue weighted by Crippen LogP contribution is 2.51. The number of rotatable bonds is 25. The van der Waals surface area contributed by atoms with E-state index < -0.39 is 26.5 Å². The molecule has 6 rings (SSSR count). The third kappa shape index (κ3) is 13.7. The molecular weight excluding hydrogens is 888 g/mol. The van der Waals surface area contributed by atoms with Crippen molar-refractivity contribution in [1.29, 1.82) is 5.26 Å². The molecule has 14 heteroatoms. The monoisotopic (exact) mass is 959 g/mol. The van der Waals surface area contributed by atoms with Crippen molar-refractivity contribution in [3.63, 3.8) is 0 Å². The molecular formula is C55H71N6O7P. The molecule has 3 atom stereocenters. The zero-order valence-corrected chi connectivity index (χ0v) is 43.0. The molecule has 3 heterocycles. The summed E-state index contributed by atoms with van der Waals surface area (Å²) >= 11 is 0. The Morgan fingerprint density at radius 1 is 0.826 bits per heavy atom. The molecule has 0 radical (unpaired) electrons. The SMILES string of the molecule is COc1ccc(C(OC[C@@H]2O[C@@H](n3cnc4c(=O)n(C/C=C(\C)CC/C=C(\C)CCC=C(C)C)cnc43)C[C@@H]2N(CCC#N)P(OC(C)C)OC(C)C)(c2ccccc2)c2ccc(OC)cc2)cc1. The number of methoxy groups -OCH3 is 2. The summed E-state index contributed by atoms with van der Waals surface area (Å²) in [7, 11) is 1.64. The number of benzene rings is 3. The molecule has 1 aliphatic rings. The van der Waals surface area contributed by atoms with Gasteiger partial charge in [0.05, 0.1) is 57.6 Å². The predicted octanol–water partition coefficient (Wildman–Crippen LogP) is 12.0. The number of aromatic nitrogens is 4. The van der Waals surface area contributed by atoms with E-state index in [-0.39, 0.29) is 42.4 Å². The van der Waals surface area contributed by atoms with Gasteiger partial charge in [0.25, 0.3) is 14.1 Å². The van der Waals surface area contributed by atoms with E-state index in [4.69, 9.17) is 33.0 Å². The molecule has 0 bridgehead atoms. The van der Waals surface area contributed by atoms with Crippen molar-refractivity contribution in [3.05, 3.63) is 154 Å². The maximum atomic E-state index is 14.0. The molecule has 0 amide bonds. The van der Waals surface area contributed by atoms with E-state index in [1.807, 2.05) is 99.0 Å². The summed E-state index contributed by atoms with van der Waals surface area (Å²) in [5.41, 5.74) is 5.94. The lowest BCUT2D eigenvalue weighted by Crippen LogP contribution is -2.44. The van der Waals surface area contributed by atoms with Gasteiger partial charge in [-0.25, -0.2) is 14.6 Å². The van der Waals surface area contributed by atoms with Crippen LogP contribution < -0.4 is 15.0 Å². The number of allylic oxidation sites excluding steroid dienone is 6. The van der Waals surface area contributed by atoms with Gasteiger partial charge in [0.15, 0.2) is 11.2 Å². The van der Waals surface area contributed by atoms with Crippen molar-refractivity contribution in [2.75, 3.05) is 27.4 Å². The average molecular weight is 959 g/mol. The van der Waals surface area contributed by atoms with Crippen molar-refractivity contribution in [2.24, 2.45) is 0 Å². The van der Waals surface area contributed by atoms with Crippen LogP contribution >= 0.6 is 8.53 Å². The Labute approximate surface area is 410 Å². The fourth-order valence-corrected chi connectivity index (χ4v) is 10.3. The quantitative estimate of drug-likeness (QED) is 0.0314. The van der Waals surface area contributed by atoms with E-state index in [0.29, 0.717) is 36.7 Å². The van der Waals surface area contributed by atoms with Gasteiger partial charge in [-0.05, 0) is 122 Å². The average Bonchev–Trinajstić information content (AvgIpc) is 3.97. The van der Waals surface area contributed by atoms with E-state index in [1.54, 1.807) is 31.4 Å². The van der Waals surface area contributed by atoms with Gasteiger partial charge >= 0.3 is 0 Å². The van der Waals surface area contributed by atoms with Crippen LogP contribution in [0.4, 0.5) is 0 Å². The zero-order valence-electron chi connectivity index (χ0n) is 42.1. The van der Waals surface area contributed by atoms with Crippen LogP contribution in [-0.2, 0) is 30.7 Å². The number of nitriles is 1. The van der Waals surface area contributed by atoms with Crippen LogP contribution in [0.2, 0.25) is 0 Å². The summed E-state index contributed by atoms with van der Waals surface area (Å²) in [6, 6.07) is 28.0. The number of imidazole rings is 1. The highest BCUT2D eigenvalue weighted by Gasteiger charge is 2.47. The molecule has 0 unspecified atom stereocenters. The molecule has 1 saturated heterocycles. The maximum Gasteiger partial charge on any atom is 0.281 e. The second-order valence-electron chi connectivity index (χ2n) is 18.4. The highest BCUT2D eigenvalue weighted by atomic mass is 31.2. The Balaban J connectivity index is 1.36. The molecule has 368 valence electrons. The third-order valence-electron chi connectivity index (χ3n) is 12.1. The lowest BCUT2D eigenvalue weighted by atomic mass is 9.80. The first-order valence-electron chi connectivity index (χ1n) is 24.1. The lowest BCUT2D eigenvalue weighted by molar-refractivity contribution is -0.0842. The predicted molar refractivity (Wildman–Crippen MR) is 274 cm³/mol. The molecule has 0 N–H and O–H groups in total. The first kappa shape index (κ1) is 52.9. The van der Waals surface area contributed by atoms with Gasteiger partial charge < -0.3 is 28.0 Å². The van der Waals surface area contributed by atoms with Gasteiger partial charge in [-0.2, -0.15) is 5.26 Å². The van der Waals surface area contributed by atoms with Crippen molar-refractivity contribution in [2.45, 2.75) is 137 Å². The molecule has 0 aliphatic carbocycles. The second-order valence-corrected chi connectivity index (χ2v) is 19.8. The topological polar surface area (TPSA) is 135 Å². The minimum absolute atomic E-state index is 0.105. The van der Waals surface area contributed by atoms with E-state index in [1.165, 1.54) is 16.7 Å². The molecule has 3 aromatic carbocycles. The van der Waals surface area contributed by atoms with Gasteiger partial charge in [0, 0.05) is 25.9 Å². The Bertz CT molecular complexity index is 2540. The molecule has 5 aromatic rings. The minimum Gasteiger partial charge on any atom is -0.497 e. The first-order valence-corrected chi connectivity index (χ1v) is 25.2. The van der Waals surface area contributed by atoms with E-state index in [2.05, 4.69) is 73.8 Å². The van der Waals surface area contributed by atoms with Crippen LogP contribution in [0.5, 0.6) is 11.5 Å². The van der Waals surface area contributed by atoms with E-state index in [9.17, 15) is 10.1 Å². The number of nitrogens with zero attached hydrogens (tertiary/aromatic N) is 6. The molecule has 2 aromatic heterocycles. The van der Waals surface area contributed by atoms with Gasteiger partial charge in [0.2, 0.25) is 0 Å². The van der Waals surface area contributed by atoms with E-state index in [0.717, 1.165) is 42.4 Å². The van der Waals surface area contributed by atoms with Crippen molar-refractivity contribution < 1.29 is 28.0 Å². The molecule has 1 aliphatic heterocycles. The third-order valence-corrected chi connectivity index (χ3v) is 14.2. The van der Waals surface area contributed by atoms with Crippen LogP contribution in [0.15, 0.2) is 131 Å². The minimum atomic E-state index is -1.66. The molecule has 0 saturated carbocycles. The van der Waals surface area contributed by atoms with Gasteiger partial charge in [0.1, 0.15) is 29.7 Å². The van der Waals surface area contributed by atoms with Crippen molar-refractivity contribution in [3.8, 4) is 17.6 Å². The molecule has 13 nitrogen and oxygen atoms in total. The summed E-state index contributed by atoms with van der Waals surface area (Å²) < 4.78 is 44.5. The summed E-state index contributed by atoms with van der Waals surface area (Å²) in [6.07, 6.45) is 13.1. The number of fused-ring (bicyclic) bond motifs is 1. The zero-order chi connectivity index (χ0) is 49.5. The Morgan fingerprint density at radius 2 is 1.41 bits per heavy atom. The van der Waals surface area contributed by atoms with Gasteiger partial charge in [-0.3, -0.25) is 13.9 Å². The number of hydrogen-bond donors (Lipinski definition) is 0. The molecule has 69 heavy (non-hydrogen) atoms. The standard InChI is InChI=1S/C55H71N6O7P/c1-39(2)17-14-18-42(7)19-15-20-43(8)31-34-59-37-58-53-52(54(59)62)57-38-60(53)51-35-49(61(33-16-32-56)69(67-40(3)4)68-41(5)6)50(66-51)36-65-55(44-21-12-11-13-22-44,45-23-27-47(63-9)28-24-45)46-25-29-48(64-10)30-26-46/h11-13,17,19,21-31,37-38,40-41,49-51H,14-16,18,20,33-36H2,1-10H3/b42-19+,43-31+/t49-,50-,51+/m0/s1. The lowest BCUT2D eigenvalue weighted by Gasteiger charge is -2.40. The van der Waals surface area contributed by atoms with Crippen LogP contribution in [0.3, 0.4) is 0 Å². The van der Waals surface area contributed by atoms with Gasteiger partial charge in [-0.15, -0.1) is 0 Å². The normalized spacial score (nSPS) is 16.8. The summed E-state index contributed by atoms with van der Waals surface area (Å²) in [5, 5.41) is 9.98. The number of hydrogen-bond acceptors (Lipinski definition) is 11. The molecule has 1 fully saturated rings. The Morgan fingerprint density at radius 3 is 1.97 bits per heavy atom. The Kier molecular flexibility index (Phi) is 19.5. The summed E-state index contributed by atoms with van der Waals surface area (Å²) in [4.78, 5) is 23.5. The largest absolute Gasteiger partial charge is 0.497 e. The van der Waals surface area contributed by atoms with Crippen molar-refractivity contribution >= 4 is 19.7 Å². The smallest absolute Gasteiger partial charge is 0.281 e. The summed E-state index contributed by atoms with van der Waals surface area (Å²) in [5.74, 6) is 1.43. The van der Waals surface area contributed by atoms with Gasteiger partial charge in [-0.1, -0.05) is 89.5 Å². The van der Waals surface area contributed by atoms with Crippen LogP contribution in [-0.4, -0.2) is 75.5 Å². The Hall–Kier alpha value is -5.45.